The molecule has 0 atom stereocenters. The molecule has 0 bridgehead atoms. The van der Waals surface area contributed by atoms with Crippen LogP contribution in [0.5, 0.6) is 11.5 Å². The average Bonchev–Trinajstić information content (AvgIpc) is 3.13. The van der Waals surface area contributed by atoms with Crippen LogP contribution >= 0.6 is 23.7 Å². The molecule has 2 aromatic rings. The minimum atomic E-state index is -0.107. The van der Waals surface area contributed by atoms with Crippen molar-refractivity contribution in [1.82, 2.24) is 0 Å². The van der Waals surface area contributed by atoms with Gasteiger partial charge in [0.2, 0.25) is 6.79 Å². The Balaban J connectivity index is 0.00000156. The number of thiophene rings is 1. The normalized spacial score (nSPS) is 14.8. The summed E-state index contributed by atoms with van der Waals surface area (Å²) in [5, 5.41) is 4.85. The van der Waals surface area contributed by atoms with E-state index in [1.54, 1.807) is 23.5 Å². The molecule has 0 radical (unpaired) electrons. The van der Waals surface area contributed by atoms with Crippen LogP contribution in [-0.4, -0.2) is 12.7 Å². The molecule has 1 aromatic heterocycles. The highest BCUT2D eigenvalue weighted by Gasteiger charge is 2.22. The number of hydrogen-bond acceptors (Lipinski definition) is 5. The van der Waals surface area contributed by atoms with Gasteiger partial charge < -0.3 is 20.5 Å². The monoisotopic (exact) mass is 352 g/mol. The number of ether oxygens (including phenoxy) is 2. The van der Waals surface area contributed by atoms with E-state index in [-0.39, 0.29) is 25.1 Å². The molecule has 7 heteroatoms. The fraction of sp³-hybridized carbons (Fsp3) is 0.312. The largest absolute Gasteiger partial charge is 0.454 e. The SMILES string of the molecule is Cl.Nc1cc2c(cc1NC(=O)c1csc3c1CCCC3)OCO2. The summed E-state index contributed by atoms with van der Waals surface area (Å²) in [4.78, 5) is 13.9. The first kappa shape index (κ1) is 16.0. The fourth-order valence-electron chi connectivity index (χ4n) is 2.94. The summed E-state index contributed by atoms with van der Waals surface area (Å²) in [5.41, 5.74) is 9.00. The molecule has 0 fully saturated rings. The van der Waals surface area contributed by atoms with Gasteiger partial charge in [0.05, 0.1) is 16.9 Å². The number of benzene rings is 1. The molecule has 0 spiro atoms. The van der Waals surface area contributed by atoms with Crippen molar-refractivity contribution in [2.75, 3.05) is 17.8 Å². The first-order chi connectivity index (χ1) is 10.7. The lowest BCUT2D eigenvalue weighted by molar-refractivity contribution is 0.102. The first-order valence-corrected chi connectivity index (χ1v) is 8.20. The maximum absolute atomic E-state index is 12.6. The van der Waals surface area contributed by atoms with Crippen LogP contribution < -0.4 is 20.5 Å². The number of fused-ring (bicyclic) bond motifs is 2. The van der Waals surface area contributed by atoms with Gasteiger partial charge >= 0.3 is 0 Å². The lowest BCUT2D eigenvalue weighted by Crippen LogP contribution is -2.15. The highest BCUT2D eigenvalue weighted by atomic mass is 35.5. The Morgan fingerprint density at radius 3 is 2.74 bits per heavy atom. The van der Waals surface area contributed by atoms with Crippen molar-refractivity contribution in [1.29, 1.82) is 0 Å². The Morgan fingerprint density at radius 2 is 1.91 bits per heavy atom. The van der Waals surface area contributed by atoms with E-state index in [1.807, 2.05) is 5.38 Å². The Morgan fingerprint density at radius 1 is 1.17 bits per heavy atom. The summed E-state index contributed by atoms with van der Waals surface area (Å²) in [7, 11) is 0. The van der Waals surface area contributed by atoms with Crippen LogP contribution in [0.4, 0.5) is 11.4 Å². The molecular formula is C16H17ClN2O3S. The van der Waals surface area contributed by atoms with Crippen LogP contribution in [0.25, 0.3) is 0 Å². The summed E-state index contributed by atoms with van der Waals surface area (Å²) in [6, 6.07) is 3.40. The quantitative estimate of drug-likeness (QED) is 0.810. The van der Waals surface area contributed by atoms with Crippen molar-refractivity contribution < 1.29 is 14.3 Å². The van der Waals surface area contributed by atoms with E-state index in [9.17, 15) is 4.79 Å². The van der Waals surface area contributed by atoms with Crippen molar-refractivity contribution >= 4 is 41.0 Å². The fourth-order valence-corrected chi connectivity index (χ4v) is 4.07. The Labute approximate surface area is 144 Å². The number of nitrogens with one attached hydrogen (secondary N) is 1. The van der Waals surface area contributed by atoms with Crippen molar-refractivity contribution in [2.45, 2.75) is 25.7 Å². The maximum Gasteiger partial charge on any atom is 0.256 e. The second-order valence-corrected chi connectivity index (χ2v) is 6.47. The molecule has 0 saturated carbocycles. The predicted molar refractivity (Wildman–Crippen MR) is 93.1 cm³/mol. The molecule has 1 aliphatic heterocycles. The van der Waals surface area contributed by atoms with E-state index >= 15 is 0 Å². The number of amides is 1. The third-order valence-electron chi connectivity index (χ3n) is 4.10. The molecule has 1 amide bonds. The molecule has 1 aliphatic carbocycles. The first-order valence-electron chi connectivity index (χ1n) is 7.32. The van der Waals surface area contributed by atoms with Crippen molar-refractivity contribution in [3.05, 3.63) is 33.5 Å². The van der Waals surface area contributed by atoms with Crippen LogP contribution in [0, 0.1) is 0 Å². The molecule has 2 aliphatic rings. The maximum atomic E-state index is 12.6. The van der Waals surface area contributed by atoms with Gasteiger partial charge in [-0.05, 0) is 31.2 Å². The molecular weight excluding hydrogens is 336 g/mol. The summed E-state index contributed by atoms with van der Waals surface area (Å²) in [6.45, 7) is 0.185. The van der Waals surface area contributed by atoms with E-state index in [2.05, 4.69) is 5.32 Å². The van der Waals surface area contributed by atoms with Crippen molar-refractivity contribution in [3.8, 4) is 11.5 Å². The van der Waals surface area contributed by atoms with Crippen molar-refractivity contribution in [2.24, 2.45) is 0 Å². The van der Waals surface area contributed by atoms with Gasteiger partial charge in [0.15, 0.2) is 11.5 Å². The number of halogens is 1. The van der Waals surface area contributed by atoms with Crippen LogP contribution in [0.3, 0.4) is 0 Å². The second kappa shape index (κ2) is 6.29. The Hall–Kier alpha value is -1.92. The zero-order chi connectivity index (χ0) is 15.1. The number of rotatable bonds is 2. The zero-order valence-electron chi connectivity index (χ0n) is 12.4. The van der Waals surface area contributed by atoms with E-state index in [0.29, 0.717) is 22.9 Å². The predicted octanol–water partition coefficient (Wildman–Crippen LogP) is 3.61. The van der Waals surface area contributed by atoms with Crippen LogP contribution in [0.15, 0.2) is 17.5 Å². The minimum absolute atomic E-state index is 0. The van der Waals surface area contributed by atoms with E-state index in [1.165, 1.54) is 16.9 Å². The van der Waals surface area contributed by atoms with Crippen LogP contribution in [0.2, 0.25) is 0 Å². The third-order valence-corrected chi connectivity index (χ3v) is 5.19. The molecule has 4 rings (SSSR count). The number of nitrogens with two attached hydrogens (primary N) is 1. The zero-order valence-corrected chi connectivity index (χ0v) is 14.0. The summed E-state index contributed by atoms with van der Waals surface area (Å²) in [6.07, 6.45) is 4.43. The van der Waals surface area contributed by atoms with E-state index < -0.39 is 0 Å². The molecule has 122 valence electrons. The number of nitrogen functional groups attached to an aromatic ring is 1. The average molecular weight is 353 g/mol. The molecule has 5 nitrogen and oxygen atoms in total. The number of carbonyl (C=O) groups excluding carboxylic acids is 1. The summed E-state index contributed by atoms with van der Waals surface area (Å²) >= 11 is 1.68. The third kappa shape index (κ3) is 2.84. The molecule has 1 aromatic carbocycles. The van der Waals surface area contributed by atoms with Gasteiger partial charge in [0.25, 0.3) is 5.91 Å². The van der Waals surface area contributed by atoms with Gasteiger partial charge in [0.1, 0.15) is 0 Å². The van der Waals surface area contributed by atoms with Crippen LogP contribution in [0.1, 0.15) is 33.6 Å². The standard InChI is InChI=1S/C16H16N2O3S.ClH/c17-11-5-13-14(21-8-20-13)6-12(11)18-16(19)10-7-22-15-4-2-1-3-9(10)15;/h5-7H,1-4,8,17H2,(H,18,19);1H. The summed E-state index contributed by atoms with van der Waals surface area (Å²) < 4.78 is 10.6. The number of carbonyl (C=O) groups is 1. The summed E-state index contributed by atoms with van der Waals surface area (Å²) in [5.74, 6) is 1.12. The molecule has 0 unspecified atom stereocenters. The smallest absolute Gasteiger partial charge is 0.256 e. The van der Waals surface area contributed by atoms with Gasteiger partial charge in [-0.25, -0.2) is 0 Å². The molecule has 3 N–H and O–H groups in total. The lowest BCUT2D eigenvalue weighted by Gasteiger charge is -2.13. The van der Waals surface area contributed by atoms with Gasteiger partial charge in [-0.2, -0.15) is 0 Å². The highest BCUT2D eigenvalue weighted by molar-refractivity contribution is 7.10. The minimum Gasteiger partial charge on any atom is -0.454 e. The van der Waals surface area contributed by atoms with E-state index in [4.69, 9.17) is 15.2 Å². The lowest BCUT2D eigenvalue weighted by atomic mass is 9.95. The van der Waals surface area contributed by atoms with Gasteiger partial charge in [-0.1, -0.05) is 0 Å². The molecule has 2 heterocycles. The van der Waals surface area contributed by atoms with Crippen LogP contribution in [-0.2, 0) is 12.8 Å². The molecule has 23 heavy (non-hydrogen) atoms. The van der Waals surface area contributed by atoms with Gasteiger partial charge in [0, 0.05) is 22.4 Å². The number of hydrogen-bond donors (Lipinski definition) is 2. The van der Waals surface area contributed by atoms with Crippen molar-refractivity contribution in [3.63, 3.8) is 0 Å². The Bertz CT molecular complexity index is 760. The topological polar surface area (TPSA) is 73.6 Å². The number of aryl methyl sites for hydroxylation is 1. The second-order valence-electron chi connectivity index (χ2n) is 5.51. The Kier molecular flexibility index (Phi) is 4.37. The van der Waals surface area contributed by atoms with Gasteiger partial charge in [-0.3, -0.25) is 4.79 Å². The highest BCUT2D eigenvalue weighted by Crippen LogP contribution is 2.39. The number of anilines is 2. The van der Waals surface area contributed by atoms with E-state index in [0.717, 1.165) is 24.8 Å². The van der Waals surface area contributed by atoms with Gasteiger partial charge in [-0.15, -0.1) is 23.7 Å². The molecule has 0 saturated heterocycles.